The molecule has 162 valence electrons. The number of carbonyl (C=O) groups is 1. The van der Waals surface area contributed by atoms with Crippen molar-refractivity contribution in [2.24, 2.45) is 0 Å². The van der Waals surface area contributed by atoms with Gasteiger partial charge in [0.15, 0.2) is 0 Å². The highest BCUT2D eigenvalue weighted by molar-refractivity contribution is 6.30. The van der Waals surface area contributed by atoms with E-state index in [0.29, 0.717) is 26.2 Å². The second-order valence-corrected chi connectivity index (χ2v) is 7.51. The summed E-state index contributed by atoms with van der Waals surface area (Å²) in [7, 11) is 1.61. The van der Waals surface area contributed by atoms with E-state index in [1.165, 1.54) is 12.1 Å². The number of piperazine rings is 1. The van der Waals surface area contributed by atoms with Crippen molar-refractivity contribution in [2.45, 2.75) is 19.1 Å². The molecule has 0 aromatic heterocycles. The zero-order chi connectivity index (χ0) is 21.9. The molecule has 1 aliphatic heterocycles. The Bertz CT molecular complexity index is 882. The van der Waals surface area contributed by atoms with Crippen molar-refractivity contribution >= 4 is 28.9 Å². The fourth-order valence-electron chi connectivity index (χ4n) is 3.42. The first-order chi connectivity index (χ1) is 14.2. The van der Waals surface area contributed by atoms with Crippen LogP contribution in [0.4, 0.5) is 24.5 Å². The van der Waals surface area contributed by atoms with Crippen LogP contribution in [0.25, 0.3) is 0 Å². The average Bonchev–Trinajstić information content (AvgIpc) is 2.74. The van der Waals surface area contributed by atoms with Gasteiger partial charge in [0, 0.05) is 36.9 Å². The molecule has 1 amide bonds. The van der Waals surface area contributed by atoms with E-state index in [1.54, 1.807) is 14.0 Å². The Labute approximate surface area is 178 Å². The Morgan fingerprint density at radius 2 is 1.73 bits per heavy atom. The number of alkyl halides is 3. The zero-order valence-corrected chi connectivity index (χ0v) is 17.4. The summed E-state index contributed by atoms with van der Waals surface area (Å²) in [5.41, 5.74) is -0.191. The molecule has 0 spiro atoms. The van der Waals surface area contributed by atoms with Crippen LogP contribution in [-0.4, -0.2) is 50.1 Å². The third-order valence-electron chi connectivity index (χ3n) is 5.22. The number of nitrogens with zero attached hydrogens (tertiary/aromatic N) is 2. The van der Waals surface area contributed by atoms with Crippen LogP contribution < -0.4 is 15.0 Å². The molecule has 1 aliphatic rings. The second-order valence-electron chi connectivity index (χ2n) is 7.07. The molecule has 1 N–H and O–H groups in total. The number of amides is 1. The molecule has 0 bridgehead atoms. The van der Waals surface area contributed by atoms with Crippen LogP contribution in [0.5, 0.6) is 5.75 Å². The molecule has 1 saturated heterocycles. The maximum atomic E-state index is 13.3. The number of anilines is 2. The first-order valence-electron chi connectivity index (χ1n) is 9.49. The lowest BCUT2D eigenvalue weighted by atomic mass is 10.1. The highest BCUT2D eigenvalue weighted by Crippen LogP contribution is 2.36. The number of halogens is 4. The Kier molecular flexibility index (Phi) is 6.77. The van der Waals surface area contributed by atoms with Crippen molar-refractivity contribution in [1.29, 1.82) is 0 Å². The van der Waals surface area contributed by atoms with Crippen LogP contribution in [0, 0.1) is 0 Å². The third kappa shape index (κ3) is 5.17. The number of hydrogen-bond donors (Lipinski definition) is 1. The second kappa shape index (κ2) is 9.14. The largest absolute Gasteiger partial charge is 0.497 e. The van der Waals surface area contributed by atoms with Gasteiger partial charge in [-0.25, -0.2) is 0 Å². The van der Waals surface area contributed by atoms with Crippen LogP contribution >= 0.6 is 11.6 Å². The summed E-state index contributed by atoms with van der Waals surface area (Å²) in [5.74, 6) is 0.295. The topological polar surface area (TPSA) is 44.8 Å². The lowest BCUT2D eigenvalue weighted by Gasteiger charge is -2.38. The predicted molar refractivity (Wildman–Crippen MR) is 111 cm³/mol. The lowest BCUT2D eigenvalue weighted by Crippen LogP contribution is -2.52. The average molecular weight is 442 g/mol. The minimum absolute atomic E-state index is 0.0389. The highest BCUT2D eigenvalue weighted by Gasteiger charge is 2.35. The van der Waals surface area contributed by atoms with E-state index in [9.17, 15) is 18.0 Å². The quantitative estimate of drug-likeness (QED) is 0.741. The monoisotopic (exact) mass is 441 g/mol. The van der Waals surface area contributed by atoms with Gasteiger partial charge in [0.2, 0.25) is 5.91 Å². The zero-order valence-electron chi connectivity index (χ0n) is 16.7. The van der Waals surface area contributed by atoms with Crippen molar-refractivity contribution in [1.82, 2.24) is 4.90 Å². The molecule has 30 heavy (non-hydrogen) atoms. The van der Waals surface area contributed by atoms with E-state index in [0.717, 1.165) is 17.5 Å². The summed E-state index contributed by atoms with van der Waals surface area (Å²) in [4.78, 5) is 16.8. The van der Waals surface area contributed by atoms with Gasteiger partial charge in [-0.2, -0.15) is 13.2 Å². The summed E-state index contributed by atoms with van der Waals surface area (Å²) in [6.07, 6.45) is -4.61. The maximum absolute atomic E-state index is 13.3. The van der Waals surface area contributed by atoms with Gasteiger partial charge in [-0.1, -0.05) is 11.6 Å². The van der Waals surface area contributed by atoms with E-state index in [2.05, 4.69) is 10.2 Å². The van der Waals surface area contributed by atoms with Gasteiger partial charge in [-0.3, -0.25) is 9.69 Å². The molecule has 0 unspecified atom stereocenters. The van der Waals surface area contributed by atoms with Crippen molar-refractivity contribution in [3.05, 3.63) is 53.1 Å². The van der Waals surface area contributed by atoms with Gasteiger partial charge in [-0.15, -0.1) is 0 Å². The van der Waals surface area contributed by atoms with E-state index in [4.69, 9.17) is 16.3 Å². The summed E-state index contributed by atoms with van der Waals surface area (Å²) >= 11 is 5.69. The molecule has 0 aliphatic carbocycles. The van der Waals surface area contributed by atoms with Gasteiger partial charge in [0.25, 0.3) is 0 Å². The normalized spacial score (nSPS) is 16.3. The fourth-order valence-corrected chi connectivity index (χ4v) is 3.60. The van der Waals surface area contributed by atoms with Gasteiger partial charge in [0.1, 0.15) is 5.75 Å². The van der Waals surface area contributed by atoms with Gasteiger partial charge in [0.05, 0.1) is 24.4 Å². The van der Waals surface area contributed by atoms with Crippen LogP contribution in [0.3, 0.4) is 0 Å². The van der Waals surface area contributed by atoms with Crippen LogP contribution in [-0.2, 0) is 11.0 Å². The summed E-state index contributed by atoms with van der Waals surface area (Å²) in [6, 6.07) is 10.5. The minimum Gasteiger partial charge on any atom is -0.497 e. The summed E-state index contributed by atoms with van der Waals surface area (Å²) in [5, 5.41) is 2.37. The molecule has 5 nitrogen and oxygen atoms in total. The first kappa shape index (κ1) is 22.2. The Morgan fingerprint density at radius 3 is 2.30 bits per heavy atom. The molecule has 1 atom stereocenters. The van der Waals surface area contributed by atoms with E-state index < -0.39 is 23.7 Å². The van der Waals surface area contributed by atoms with Crippen LogP contribution in [0.15, 0.2) is 42.5 Å². The van der Waals surface area contributed by atoms with Gasteiger partial charge >= 0.3 is 6.18 Å². The SMILES string of the molecule is COc1ccc(N2CCN([C@H](C)C(=O)Nc3ccc(Cl)cc3C(F)(F)F)CC2)cc1. The number of hydrogen-bond acceptors (Lipinski definition) is 4. The molecule has 0 saturated carbocycles. The van der Waals surface area contributed by atoms with E-state index >= 15 is 0 Å². The van der Waals surface area contributed by atoms with E-state index in [-0.39, 0.29) is 10.7 Å². The standard InChI is InChI=1S/C21H23ClF3N3O2/c1-14(20(29)26-19-8-3-15(22)13-18(19)21(23,24)25)27-9-11-28(12-10-27)16-4-6-17(30-2)7-5-16/h3-8,13-14H,9-12H2,1-2H3,(H,26,29)/t14-/m1/s1. The third-order valence-corrected chi connectivity index (χ3v) is 5.46. The van der Waals surface area contributed by atoms with Gasteiger partial charge in [-0.05, 0) is 49.4 Å². The minimum atomic E-state index is -4.61. The molecule has 2 aromatic carbocycles. The van der Waals surface area contributed by atoms with Crippen molar-refractivity contribution in [3.63, 3.8) is 0 Å². The van der Waals surface area contributed by atoms with Gasteiger partial charge < -0.3 is 15.0 Å². The number of carbonyl (C=O) groups excluding carboxylic acids is 1. The summed E-state index contributed by atoms with van der Waals surface area (Å²) in [6.45, 7) is 4.35. The summed E-state index contributed by atoms with van der Waals surface area (Å²) < 4.78 is 44.9. The van der Waals surface area contributed by atoms with Crippen molar-refractivity contribution in [2.75, 3.05) is 43.5 Å². The molecule has 9 heteroatoms. The molecular formula is C21H23ClF3N3O2. The molecule has 0 radical (unpaired) electrons. The number of benzene rings is 2. The molecule has 1 heterocycles. The van der Waals surface area contributed by atoms with Crippen molar-refractivity contribution < 1.29 is 22.7 Å². The first-order valence-corrected chi connectivity index (χ1v) is 9.87. The number of nitrogens with one attached hydrogen (secondary N) is 1. The Morgan fingerprint density at radius 1 is 1.10 bits per heavy atom. The number of methoxy groups -OCH3 is 1. The molecule has 3 rings (SSSR count). The smallest absolute Gasteiger partial charge is 0.418 e. The van der Waals surface area contributed by atoms with Crippen molar-refractivity contribution in [3.8, 4) is 5.75 Å². The number of ether oxygens (including phenoxy) is 1. The molecule has 2 aromatic rings. The maximum Gasteiger partial charge on any atom is 0.418 e. The molecular weight excluding hydrogens is 419 g/mol. The number of rotatable bonds is 5. The fraction of sp³-hybridized carbons (Fsp3) is 0.381. The van der Waals surface area contributed by atoms with E-state index in [1.807, 2.05) is 29.2 Å². The van der Waals surface area contributed by atoms with Crippen LogP contribution in [0.2, 0.25) is 5.02 Å². The Hall–Kier alpha value is -2.45. The molecule has 1 fully saturated rings. The van der Waals surface area contributed by atoms with Crippen LogP contribution in [0.1, 0.15) is 12.5 Å². The highest BCUT2D eigenvalue weighted by atomic mass is 35.5. The Balaban J connectivity index is 1.61. The lowest BCUT2D eigenvalue weighted by molar-refractivity contribution is -0.137. The predicted octanol–water partition coefficient (Wildman–Crippen LogP) is 4.52.